The van der Waals surface area contributed by atoms with Gasteiger partial charge in [0.15, 0.2) is 4.21 Å². The van der Waals surface area contributed by atoms with Gasteiger partial charge in [0.2, 0.25) is 0 Å². The van der Waals surface area contributed by atoms with Crippen molar-refractivity contribution < 1.29 is 32.2 Å². The second kappa shape index (κ2) is 7.20. The van der Waals surface area contributed by atoms with Crippen LogP contribution >= 0.6 is 11.3 Å². The highest BCUT2D eigenvalue weighted by molar-refractivity contribution is 7.95. The van der Waals surface area contributed by atoms with Crippen molar-refractivity contribution in [1.29, 1.82) is 0 Å². The first kappa shape index (κ1) is 19.2. The van der Waals surface area contributed by atoms with E-state index in [1.165, 1.54) is 18.3 Å². The Balaban J connectivity index is 2.21. The van der Waals surface area contributed by atoms with E-state index in [1.54, 1.807) is 24.3 Å². The smallest absolute Gasteiger partial charge is 0.348 e. The van der Waals surface area contributed by atoms with Crippen LogP contribution < -0.4 is 9.04 Å². The molecule has 10 heteroatoms. The van der Waals surface area contributed by atoms with Crippen molar-refractivity contribution in [3.8, 4) is 5.75 Å². The fourth-order valence-corrected chi connectivity index (χ4v) is 6.09. The summed E-state index contributed by atoms with van der Waals surface area (Å²) in [5.41, 5.74) is 0.413. The number of ether oxygens (including phenoxy) is 3. The second-order valence-corrected chi connectivity index (χ2v) is 8.67. The van der Waals surface area contributed by atoms with E-state index in [1.807, 2.05) is 0 Å². The lowest BCUT2D eigenvalue weighted by Crippen LogP contribution is -2.38. The van der Waals surface area contributed by atoms with Crippen LogP contribution in [-0.4, -0.2) is 47.7 Å². The average Bonchev–Trinajstić information content (AvgIpc) is 3.04. The Kier molecular flexibility index (Phi) is 5.11. The molecule has 0 bridgehead atoms. The Morgan fingerprint density at radius 1 is 1.15 bits per heavy atom. The third-order valence-corrected chi connectivity index (χ3v) is 7.67. The number of esters is 2. The zero-order chi connectivity index (χ0) is 19.8. The van der Waals surface area contributed by atoms with Gasteiger partial charge >= 0.3 is 11.9 Å². The van der Waals surface area contributed by atoms with E-state index in [-0.39, 0.29) is 33.4 Å². The van der Waals surface area contributed by atoms with Crippen LogP contribution in [0.15, 0.2) is 28.5 Å². The van der Waals surface area contributed by atoms with Crippen molar-refractivity contribution in [2.75, 3.05) is 31.7 Å². The third kappa shape index (κ3) is 3.15. The van der Waals surface area contributed by atoms with Gasteiger partial charge in [-0.3, -0.25) is 4.31 Å². The Morgan fingerprint density at radius 2 is 1.81 bits per heavy atom. The number of carbonyl (C=O) groups excluding carboxylic acids is 2. The quantitative estimate of drug-likeness (QED) is 0.711. The monoisotopic (exact) mass is 411 g/mol. The summed E-state index contributed by atoms with van der Waals surface area (Å²) in [7, 11) is -1.80. The highest BCUT2D eigenvalue weighted by Crippen LogP contribution is 2.40. The number of methoxy groups -OCH3 is 2. The number of benzene rings is 1. The maximum absolute atomic E-state index is 13.4. The van der Waals surface area contributed by atoms with Gasteiger partial charge in [-0.2, -0.15) is 0 Å². The summed E-state index contributed by atoms with van der Waals surface area (Å²) in [6.07, 6.45) is 0. The molecule has 144 valence electrons. The third-order valence-electron chi connectivity index (χ3n) is 4.09. The number of hydrogen-bond donors (Lipinski definition) is 0. The molecule has 2 aromatic rings. The van der Waals surface area contributed by atoms with Gasteiger partial charge in [-0.25, -0.2) is 18.0 Å². The van der Waals surface area contributed by atoms with Crippen molar-refractivity contribution in [1.82, 2.24) is 0 Å². The van der Waals surface area contributed by atoms with Gasteiger partial charge in [0, 0.05) is 0 Å². The van der Waals surface area contributed by atoms with E-state index in [9.17, 15) is 18.0 Å². The normalized spacial score (nSPS) is 13.5. The van der Waals surface area contributed by atoms with Crippen LogP contribution in [0.25, 0.3) is 0 Å². The van der Waals surface area contributed by atoms with E-state index in [4.69, 9.17) is 14.2 Å². The summed E-state index contributed by atoms with van der Waals surface area (Å²) >= 11 is 0.692. The van der Waals surface area contributed by atoms with Gasteiger partial charge in [0.05, 0.1) is 32.0 Å². The summed E-state index contributed by atoms with van der Waals surface area (Å²) in [6.45, 7) is 1.73. The molecule has 1 aliphatic heterocycles. The molecule has 1 aliphatic rings. The van der Waals surface area contributed by atoms with Crippen LogP contribution in [0.2, 0.25) is 0 Å². The summed E-state index contributed by atoms with van der Waals surface area (Å²) in [5, 5.41) is 0. The molecular formula is C17H17NO7S2. The molecule has 1 aromatic heterocycles. The molecule has 27 heavy (non-hydrogen) atoms. The van der Waals surface area contributed by atoms with Crippen molar-refractivity contribution in [3.05, 3.63) is 40.3 Å². The maximum Gasteiger partial charge on any atom is 0.348 e. The first-order valence-corrected chi connectivity index (χ1v) is 10.1. The number of hydrogen-bond acceptors (Lipinski definition) is 8. The molecule has 0 saturated heterocycles. The molecule has 0 radical (unpaired) electrons. The number of rotatable bonds is 4. The molecule has 1 aromatic carbocycles. The first-order valence-electron chi connectivity index (χ1n) is 7.87. The van der Waals surface area contributed by atoms with Gasteiger partial charge < -0.3 is 14.2 Å². The molecule has 0 atom stereocenters. The zero-order valence-electron chi connectivity index (χ0n) is 14.8. The number of nitrogens with zero attached hydrogens (tertiary/aromatic N) is 1. The Bertz CT molecular complexity index is 1010. The van der Waals surface area contributed by atoms with Crippen LogP contribution in [0.4, 0.5) is 5.69 Å². The van der Waals surface area contributed by atoms with Crippen molar-refractivity contribution in [2.24, 2.45) is 0 Å². The van der Waals surface area contributed by atoms with E-state index >= 15 is 0 Å². The van der Waals surface area contributed by atoms with Crippen molar-refractivity contribution >= 4 is 39.0 Å². The number of anilines is 1. The van der Waals surface area contributed by atoms with Crippen molar-refractivity contribution in [3.63, 3.8) is 0 Å². The largest absolute Gasteiger partial charge is 0.489 e. The number of thiophene rings is 1. The summed E-state index contributed by atoms with van der Waals surface area (Å²) < 4.78 is 42.6. The maximum atomic E-state index is 13.4. The lowest BCUT2D eigenvalue weighted by Gasteiger charge is -2.30. The molecule has 0 N–H and O–H groups in total. The predicted octanol–water partition coefficient (Wildman–Crippen LogP) is 2.22. The molecule has 3 rings (SSSR count). The van der Waals surface area contributed by atoms with Crippen LogP contribution in [0.1, 0.15) is 25.6 Å². The highest BCUT2D eigenvalue weighted by Gasteiger charge is 2.38. The first-order chi connectivity index (χ1) is 12.8. The van der Waals surface area contributed by atoms with Gasteiger partial charge in [-0.1, -0.05) is 12.1 Å². The summed E-state index contributed by atoms with van der Waals surface area (Å²) in [5.74, 6) is -1.13. The van der Waals surface area contributed by atoms with E-state index < -0.39 is 22.0 Å². The van der Waals surface area contributed by atoms with Crippen LogP contribution in [0, 0.1) is 6.92 Å². The lowest BCUT2D eigenvalue weighted by molar-refractivity contribution is 0.0596. The molecule has 0 saturated carbocycles. The number of fused-ring (bicyclic) bond motifs is 1. The standard InChI is InChI=1S/C17H17NO7S2/c1-10-13(15(19)23-2)17(26-14(10)16(20)24-3)27(21,22)18-8-9-25-12-7-5-4-6-11(12)18/h4-7H,8-9H2,1-3H3. The SMILES string of the molecule is COC(=O)c1sc(S(=O)(=O)N2CCOc3ccccc32)c(C(=O)OC)c1C. The van der Waals surface area contributed by atoms with Gasteiger partial charge in [-0.05, 0) is 24.6 Å². The highest BCUT2D eigenvalue weighted by atomic mass is 32.2. The molecule has 0 fully saturated rings. The molecule has 0 aliphatic carbocycles. The fraction of sp³-hybridized carbons (Fsp3) is 0.294. The van der Waals surface area contributed by atoms with Gasteiger partial charge in [0.25, 0.3) is 10.0 Å². The Hall–Kier alpha value is -2.59. The minimum absolute atomic E-state index is 0.0398. The lowest BCUT2D eigenvalue weighted by atomic mass is 10.2. The molecular weight excluding hydrogens is 394 g/mol. The minimum Gasteiger partial charge on any atom is -0.489 e. The van der Waals surface area contributed by atoms with E-state index in [0.29, 0.717) is 22.8 Å². The van der Waals surface area contributed by atoms with Crippen LogP contribution in [0.5, 0.6) is 5.75 Å². The number of para-hydroxylation sites is 2. The van der Waals surface area contributed by atoms with Crippen LogP contribution in [0.3, 0.4) is 0 Å². The van der Waals surface area contributed by atoms with E-state index in [2.05, 4.69) is 0 Å². The minimum atomic E-state index is -4.14. The molecule has 0 spiro atoms. The number of carbonyl (C=O) groups is 2. The number of sulfonamides is 1. The Labute approximate surface area is 160 Å². The topological polar surface area (TPSA) is 99.2 Å². The van der Waals surface area contributed by atoms with Gasteiger partial charge in [0.1, 0.15) is 17.2 Å². The second-order valence-electron chi connectivity index (χ2n) is 5.60. The van der Waals surface area contributed by atoms with E-state index in [0.717, 1.165) is 7.11 Å². The molecule has 0 amide bonds. The van der Waals surface area contributed by atoms with Gasteiger partial charge in [-0.15, -0.1) is 11.3 Å². The Morgan fingerprint density at radius 3 is 2.48 bits per heavy atom. The average molecular weight is 411 g/mol. The molecule has 0 unspecified atom stereocenters. The molecule has 8 nitrogen and oxygen atoms in total. The van der Waals surface area contributed by atoms with Crippen molar-refractivity contribution in [2.45, 2.75) is 11.1 Å². The van der Waals surface area contributed by atoms with Crippen LogP contribution in [-0.2, 0) is 19.5 Å². The molecule has 2 heterocycles. The fourth-order valence-electron chi connectivity index (χ4n) is 2.79. The zero-order valence-corrected chi connectivity index (χ0v) is 16.5. The summed E-state index contributed by atoms with van der Waals surface area (Å²) in [6, 6.07) is 6.71. The predicted molar refractivity (Wildman–Crippen MR) is 98.2 cm³/mol. The summed E-state index contributed by atoms with van der Waals surface area (Å²) in [4.78, 5) is 24.3.